The molecule has 0 saturated carbocycles. The number of amides is 1. The van der Waals surface area contributed by atoms with Gasteiger partial charge >= 0.3 is 0 Å². The summed E-state index contributed by atoms with van der Waals surface area (Å²) in [4.78, 5) is 16.7. The van der Waals surface area contributed by atoms with Gasteiger partial charge in [-0.15, -0.1) is 11.3 Å². The Balaban J connectivity index is 1.62. The molecule has 0 spiro atoms. The first-order valence-corrected chi connectivity index (χ1v) is 8.79. The highest BCUT2D eigenvalue weighted by molar-refractivity contribution is 8.02. The van der Waals surface area contributed by atoms with Crippen molar-refractivity contribution in [2.24, 2.45) is 0 Å². The zero-order valence-electron chi connectivity index (χ0n) is 12.6. The van der Waals surface area contributed by atoms with Gasteiger partial charge in [0.1, 0.15) is 5.76 Å². The average Bonchev–Trinajstić information content (AvgIpc) is 3.17. The lowest BCUT2D eigenvalue weighted by atomic mass is 10.2. The van der Waals surface area contributed by atoms with Crippen LogP contribution in [0.1, 0.15) is 12.7 Å². The summed E-state index contributed by atoms with van der Waals surface area (Å²) >= 11 is 2.97. The summed E-state index contributed by atoms with van der Waals surface area (Å²) in [5.41, 5.74) is 2.00. The predicted molar refractivity (Wildman–Crippen MR) is 92.7 cm³/mol. The molecule has 1 aromatic carbocycles. The second-order valence-electron chi connectivity index (χ2n) is 4.94. The maximum atomic E-state index is 12.2. The Hall–Kier alpha value is -2.12. The molecular formula is C16H15N3O2S2. The number of thioether (sulfide) groups is 1. The van der Waals surface area contributed by atoms with Crippen LogP contribution in [0, 0.1) is 6.92 Å². The van der Waals surface area contributed by atoms with Crippen LogP contribution in [0.2, 0.25) is 0 Å². The number of anilines is 1. The summed E-state index contributed by atoms with van der Waals surface area (Å²) in [5.74, 6) is 0.969. The van der Waals surface area contributed by atoms with Gasteiger partial charge in [0.05, 0.1) is 10.9 Å². The van der Waals surface area contributed by atoms with Gasteiger partial charge in [-0.25, -0.2) is 4.98 Å². The molecule has 3 rings (SSSR count). The van der Waals surface area contributed by atoms with Crippen molar-refractivity contribution in [1.82, 2.24) is 10.1 Å². The number of hydrogen-bond acceptors (Lipinski definition) is 6. The normalized spacial score (nSPS) is 12.1. The lowest BCUT2D eigenvalue weighted by molar-refractivity contribution is -0.115. The number of aromatic nitrogens is 2. The molecule has 0 aliphatic rings. The summed E-state index contributed by atoms with van der Waals surface area (Å²) in [7, 11) is 0. The van der Waals surface area contributed by atoms with Crippen molar-refractivity contribution >= 4 is 34.8 Å². The number of carbonyl (C=O) groups is 1. The lowest BCUT2D eigenvalue weighted by Crippen LogP contribution is -2.22. The van der Waals surface area contributed by atoms with Gasteiger partial charge in [0, 0.05) is 17.0 Å². The second-order valence-corrected chi connectivity index (χ2v) is 7.38. The van der Waals surface area contributed by atoms with E-state index in [4.69, 9.17) is 4.52 Å². The quantitative estimate of drug-likeness (QED) is 0.701. The highest BCUT2D eigenvalue weighted by Gasteiger charge is 2.18. The molecule has 2 heterocycles. The molecule has 5 nitrogen and oxygen atoms in total. The van der Waals surface area contributed by atoms with E-state index < -0.39 is 0 Å². The summed E-state index contributed by atoms with van der Waals surface area (Å²) in [6, 6.07) is 11.7. The van der Waals surface area contributed by atoms with Crippen LogP contribution in [-0.4, -0.2) is 21.3 Å². The number of nitrogens with zero attached hydrogens (tertiary/aromatic N) is 2. The molecule has 0 radical (unpaired) electrons. The van der Waals surface area contributed by atoms with Gasteiger partial charge in [-0.2, -0.15) is 0 Å². The van der Waals surface area contributed by atoms with E-state index in [0.717, 1.165) is 15.6 Å². The monoisotopic (exact) mass is 345 g/mol. The maximum absolute atomic E-state index is 12.2. The van der Waals surface area contributed by atoms with E-state index in [2.05, 4.69) is 15.5 Å². The molecule has 0 aliphatic heterocycles. The summed E-state index contributed by atoms with van der Waals surface area (Å²) in [6.07, 6.45) is 0. The number of thiazole rings is 1. The number of hydrogen-bond donors (Lipinski definition) is 1. The third-order valence-electron chi connectivity index (χ3n) is 3.08. The standard InChI is InChI=1S/C16H15N3O2S2/c1-10-8-14(19-21-10)18-15(20)11(2)23-16-17-13(9-22-16)12-6-4-3-5-7-12/h3-9,11H,1-2H3,(H,18,19,20)/t11-/m1/s1. The van der Waals surface area contributed by atoms with Gasteiger partial charge in [-0.1, -0.05) is 47.3 Å². The number of nitrogens with one attached hydrogen (secondary N) is 1. The van der Waals surface area contributed by atoms with Crippen molar-refractivity contribution in [2.45, 2.75) is 23.4 Å². The van der Waals surface area contributed by atoms with Gasteiger partial charge in [0.25, 0.3) is 0 Å². The third-order valence-corrected chi connectivity index (χ3v) is 5.15. The zero-order chi connectivity index (χ0) is 16.2. The van der Waals surface area contributed by atoms with Crippen LogP contribution in [0.4, 0.5) is 5.82 Å². The Morgan fingerprint density at radius 1 is 1.35 bits per heavy atom. The van der Waals surface area contributed by atoms with E-state index in [1.54, 1.807) is 13.0 Å². The molecule has 7 heteroatoms. The van der Waals surface area contributed by atoms with Crippen molar-refractivity contribution < 1.29 is 9.32 Å². The molecule has 3 aromatic rings. The Morgan fingerprint density at radius 2 is 2.13 bits per heavy atom. The molecule has 0 saturated heterocycles. The average molecular weight is 345 g/mol. The van der Waals surface area contributed by atoms with Crippen LogP contribution in [0.25, 0.3) is 11.3 Å². The molecule has 0 bridgehead atoms. The molecule has 118 valence electrons. The second kappa shape index (κ2) is 6.97. The minimum atomic E-state index is -0.276. The first kappa shape index (κ1) is 15.8. The molecule has 0 fully saturated rings. The molecule has 0 aliphatic carbocycles. The predicted octanol–water partition coefficient (Wildman–Crippen LogP) is 4.23. The van der Waals surface area contributed by atoms with Crippen LogP contribution >= 0.6 is 23.1 Å². The van der Waals surface area contributed by atoms with Crippen molar-refractivity contribution in [1.29, 1.82) is 0 Å². The van der Waals surface area contributed by atoms with Gasteiger partial charge in [-0.3, -0.25) is 4.79 Å². The number of carbonyl (C=O) groups excluding carboxylic acids is 1. The number of benzene rings is 1. The van der Waals surface area contributed by atoms with E-state index in [1.807, 2.05) is 42.6 Å². The molecule has 1 N–H and O–H groups in total. The smallest absolute Gasteiger partial charge is 0.238 e. The van der Waals surface area contributed by atoms with Crippen LogP contribution in [0.15, 0.2) is 50.6 Å². The fourth-order valence-corrected chi connectivity index (χ4v) is 3.88. The Labute approximate surface area is 142 Å². The van der Waals surface area contributed by atoms with Gasteiger partial charge < -0.3 is 9.84 Å². The van der Waals surface area contributed by atoms with Crippen LogP contribution in [0.3, 0.4) is 0 Å². The summed E-state index contributed by atoms with van der Waals surface area (Å²) in [5, 5.41) is 8.22. The van der Waals surface area contributed by atoms with Crippen molar-refractivity contribution in [3.63, 3.8) is 0 Å². The lowest BCUT2D eigenvalue weighted by Gasteiger charge is -2.07. The van der Waals surface area contributed by atoms with Crippen LogP contribution < -0.4 is 5.32 Å². The van der Waals surface area contributed by atoms with Crippen molar-refractivity contribution in [2.75, 3.05) is 5.32 Å². The molecular weight excluding hydrogens is 330 g/mol. The van der Waals surface area contributed by atoms with E-state index >= 15 is 0 Å². The maximum Gasteiger partial charge on any atom is 0.238 e. The number of rotatable bonds is 5. The fraction of sp³-hybridized carbons (Fsp3) is 0.188. The van der Waals surface area contributed by atoms with E-state index in [9.17, 15) is 4.79 Å². The fourth-order valence-electron chi connectivity index (χ4n) is 1.91. The zero-order valence-corrected chi connectivity index (χ0v) is 14.3. The molecule has 23 heavy (non-hydrogen) atoms. The van der Waals surface area contributed by atoms with Gasteiger partial charge in [0.2, 0.25) is 5.91 Å². The summed E-state index contributed by atoms with van der Waals surface area (Å²) in [6.45, 7) is 3.62. The molecule has 0 unspecified atom stereocenters. The topological polar surface area (TPSA) is 68.0 Å². The van der Waals surface area contributed by atoms with E-state index in [1.165, 1.54) is 23.1 Å². The Bertz CT molecular complexity index is 799. The number of aryl methyl sites for hydroxylation is 1. The van der Waals surface area contributed by atoms with Gasteiger partial charge in [0.15, 0.2) is 10.2 Å². The van der Waals surface area contributed by atoms with Gasteiger partial charge in [-0.05, 0) is 13.8 Å². The first-order valence-electron chi connectivity index (χ1n) is 7.03. The SMILES string of the molecule is Cc1cc(NC(=O)[C@@H](C)Sc2nc(-c3ccccc3)cs2)no1. The highest BCUT2D eigenvalue weighted by Crippen LogP contribution is 2.31. The third kappa shape index (κ3) is 4.00. The summed E-state index contributed by atoms with van der Waals surface area (Å²) < 4.78 is 5.80. The minimum absolute atomic E-state index is 0.125. The molecule has 1 atom stereocenters. The molecule has 1 amide bonds. The first-order chi connectivity index (χ1) is 11.1. The van der Waals surface area contributed by atoms with Crippen LogP contribution in [0.5, 0.6) is 0 Å². The van der Waals surface area contributed by atoms with E-state index in [-0.39, 0.29) is 11.2 Å². The van der Waals surface area contributed by atoms with Crippen LogP contribution in [-0.2, 0) is 4.79 Å². The Kier molecular flexibility index (Phi) is 4.78. The molecule has 2 aromatic heterocycles. The van der Waals surface area contributed by atoms with E-state index in [0.29, 0.717) is 11.6 Å². The largest absolute Gasteiger partial charge is 0.360 e. The highest BCUT2D eigenvalue weighted by atomic mass is 32.2. The minimum Gasteiger partial charge on any atom is -0.360 e. The Morgan fingerprint density at radius 3 is 2.83 bits per heavy atom. The van der Waals surface area contributed by atoms with Crippen molar-refractivity contribution in [3.05, 3.63) is 47.5 Å². The van der Waals surface area contributed by atoms with Crippen molar-refractivity contribution in [3.8, 4) is 11.3 Å².